The number of alkyl halides is 2. The number of ether oxygens (including phenoxy) is 2. The van der Waals surface area contributed by atoms with Crippen LogP contribution in [-0.4, -0.2) is 39.3 Å². The Hall–Kier alpha value is -3.96. The first-order valence-electron chi connectivity index (χ1n) is 10.3. The highest BCUT2D eigenvalue weighted by Gasteiger charge is 2.64. The molecule has 1 aliphatic carbocycles. The second-order valence-electron chi connectivity index (χ2n) is 7.94. The maximum absolute atomic E-state index is 14.7. The van der Waals surface area contributed by atoms with Crippen LogP contribution in [-0.2, 0) is 23.3 Å². The number of aromatic nitrogens is 3. The van der Waals surface area contributed by atoms with Gasteiger partial charge < -0.3 is 19.6 Å². The van der Waals surface area contributed by atoms with E-state index in [4.69, 9.17) is 19.6 Å². The molecule has 0 saturated heterocycles. The van der Waals surface area contributed by atoms with Crippen LogP contribution >= 0.6 is 0 Å². The third kappa shape index (κ3) is 3.95. The van der Waals surface area contributed by atoms with E-state index in [9.17, 15) is 18.0 Å². The van der Waals surface area contributed by atoms with Crippen molar-refractivity contribution in [2.24, 2.45) is 16.6 Å². The summed E-state index contributed by atoms with van der Waals surface area (Å²) in [7, 11) is 0. The van der Waals surface area contributed by atoms with Crippen molar-refractivity contribution in [1.29, 1.82) is 0 Å². The van der Waals surface area contributed by atoms with Crippen LogP contribution in [0.15, 0.2) is 52.5 Å². The Morgan fingerprint density at radius 2 is 2.12 bits per heavy atom. The average molecular weight is 473 g/mol. The van der Waals surface area contributed by atoms with E-state index in [-0.39, 0.29) is 36.6 Å². The topological polar surface area (TPSA) is 126 Å². The molecule has 1 aliphatic heterocycles. The van der Waals surface area contributed by atoms with Gasteiger partial charge in [0.2, 0.25) is 11.8 Å². The van der Waals surface area contributed by atoms with E-state index in [1.165, 1.54) is 37.0 Å². The van der Waals surface area contributed by atoms with E-state index in [2.05, 4.69) is 19.9 Å². The number of fused-ring (bicyclic) bond motifs is 1. The lowest BCUT2D eigenvalue weighted by molar-refractivity contribution is 0.0176. The minimum atomic E-state index is -3.01. The molecule has 2 aromatic heterocycles. The number of oxazole rings is 1. The highest BCUT2D eigenvalue weighted by atomic mass is 19.3. The van der Waals surface area contributed by atoms with Crippen molar-refractivity contribution in [3.63, 3.8) is 0 Å². The lowest BCUT2D eigenvalue weighted by Crippen LogP contribution is -2.43. The summed E-state index contributed by atoms with van der Waals surface area (Å²) < 4.78 is 58.9. The molecular weight excluding hydrogens is 455 g/mol. The minimum absolute atomic E-state index is 0.0357. The first-order valence-corrected chi connectivity index (χ1v) is 10.3. The molecule has 176 valence electrons. The molecule has 0 amide bonds. The van der Waals surface area contributed by atoms with Crippen LogP contribution in [0.2, 0.25) is 0 Å². The minimum Gasteiger partial charge on any atom is -0.467 e. The maximum atomic E-state index is 14.7. The van der Waals surface area contributed by atoms with Gasteiger partial charge in [0.05, 0.1) is 18.6 Å². The number of hydrogen-bond donors (Lipinski definition) is 1. The molecule has 0 radical (unpaired) electrons. The third-order valence-electron chi connectivity index (χ3n) is 5.76. The first kappa shape index (κ1) is 21.9. The Kier molecular flexibility index (Phi) is 5.42. The molecule has 0 spiro atoms. The highest BCUT2D eigenvalue weighted by Crippen LogP contribution is 2.56. The van der Waals surface area contributed by atoms with Gasteiger partial charge in [-0.25, -0.2) is 33.1 Å². The molecule has 1 saturated carbocycles. The van der Waals surface area contributed by atoms with Gasteiger partial charge in [0.1, 0.15) is 23.9 Å². The largest absolute Gasteiger partial charge is 0.467 e. The lowest BCUT2D eigenvalue weighted by Gasteiger charge is -2.33. The van der Waals surface area contributed by atoms with Gasteiger partial charge in [-0.1, -0.05) is 6.07 Å². The van der Waals surface area contributed by atoms with Crippen molar-refractivity contribution >= 4 is 11.8 Å². The monoisotopic (exact) mass is 473 g/mol. The first-order chi connectivity index (χ1) is 16.4. The summed E-state index contributed by atoms with van der Waals surface area (Å²) in [5.41, 5.74) is 3.48. The predicted octanol–water partition coefficient (Wildman–Crippen LogP) is 2.80. The van der Waals surface area contributed by atoms with Crippen molar-refractivity contribution in [3.8, 4) is 5.88 Å². The van der Waals surface area contributed by atoms with E-state index in [1.807, 2.05) is 0 Å². The van der Waals surface area contributed by atoms with Gasteiger partial charge in [-0.05, 0) is 24.1 Å². The summed E-state index contributed by atoms with van der Waals surface area (Å²) in [6.07, 6.45) is 1.92. The van der Waals surface area contributed by atoms with Gasteiger partial charge in [-0.2, -0.15) is 0 Å². The van der Waals surface area contributed by atoms with Crippen molar-refractivity contribution < 1.29 is 31.9 Å². The summed E-state index contributed by atoms with van der Waals surface area (Å²) in [5.74, 6) is -1.48. The summed E-state index contributed by atoms with van der Waals surface area (Å²) >= 11 is 0. The van der Waals surface area contributed by atoms with Crippen LogP contribution in [0, 0.1) is 11.7 Å². The molecule has 1 fully saturated rings. The number of halogens is 3. The van der Waals surface area contributed by atoms with Gasteiger partial charge in [0.15, 0.2) is 17.9 Å². The Balaban J connectivity index is 1.34. The van der Waals surface area contributed by atoms with Crippen molar-refractivity contribution in [2.75, 3.05) is 0 Å². The Labute approximate surface area is 190 Å². The van der Waals surface area contributed by atoms with E-state index in [1.54, 1.807) is 0 Å². The molecule has 2 N–H and O–H groups in total. The van der Waals surface area contributed by atoms with Gasteiger partial charge in [-0.15, -0.1) is 0 Å². The summed E-state index contributed by atoms with van der Waals surface area (Å²) in [4.78, 5) is 28.5. The van der Waals surface area contributed by atoms with Crippen molar-refractivity contribution in [2.45, 2.75) is 37.5 Å². The van der Waals surface area contributed by atoms with E-state index in [0.717, 1.165) is 6.07 Å². The molecular formula is C22H18F3N5O4. The Morgan fingerprint density at radius 1 is 1.26 bits per heavy atom. The van der Waals surface area contributed by atoms with E-state index in [0.29, 0.717) is 11.5 Å². The second kappa shape index (κ2) is 8.43. The quantitative estimate of drug-likeness (QED) is 0.495. The fraction of sp³-hybridized carbons (Fsp3) is 0.318. The van der Waals surface area contributed by atoms with Gasteiger partial charge in [0, 0.05) is 17.9 Å². The number of amidine groups is 1. The fourth-order valence-corrected chi connectivity index (χ4v) is 4.06. The molecule has 5 rings (SSSR count). The summed E-state index contributed by atoms with van der Waals surface area (Å²) in [6, 6.07) is 3.23. The summed E-state index contributed by atoms with van der Waals surface area (Å²) in [6.45, 7) is 0.0408. The molecule has 34 heavy (non-hydrogen) atoms. The number of nitrogens with two attached hydrogens (primary N) is 1. The van der Waals surface area contributed by atoms with Crippen LogP contribution in [0.25, 0.3) is 0 Å². The van der Waals surface area contributed by atoms with E-state index < -0.39 is 41.6 Å². The Bertz CT molecular complexity index is 1240. The van der Waals surface area contributed by atoms with Crippen LogP contribution in [0.1, 0.15) is 33.9 Å². The number of ketones is 1. The normalized spacial score (nSPS) is 23.1. The fourth-order valence-electron chi connectivity index (χ4n) is 4.06. The molecule has 9 nitrogen and oxygen atoms in total. The van der Waals surface area contributed by atoms with Crippen LogP contribution in [0.3, 0.4) is 0 Å². The second-order valence-corrected chi connectivity index (χ2v) is 7.94. The molecule has 3 aromatic rings. The molecule has 1 aromatic carbocycles. The number of carbonyl (C=O) groups is 1. The van der Waals surface area contributed by atoms with Gasteiger partial charge in [-0.3, -0.25) is 4.79 Å². The van der Waals surface area contributed by atoms with Crippen molar-refractivity contribution in [1.82, 2.24) is 15.0 Å². The molecule has 0 unspecified atom stereocenters. The van der Waals surface area contributed by atoms with Crippen LogP contribution in [0.4, 0.5) is 13.2 Å². The van der Waals surface area contributed by atoms with Crippen LogP contribution in [0.5, 0.6) is 5.88 Å². The number of nitrogens with zero attached hydrogens (tertiary/aromatic N) is 4. The van der Waals surface area contributed by atoms with Crippen LogP contribution < -0.4 is 10.5 Å². The molecule has 3 heterocycles. The number of benzene rings is 1. The molecule has 0 bridgehead atoms. The van der Waals surface area contributed by atoms with Gasteiger partial charge >= 0.3 is 0 Å². The standard InChI is InChI=1S/C22H18F3N5O4/c23-14-2-1-11(5-12(14)22(20(24)25)13-7-17(13)34-21(26)30-22)6-16(31)15-8-29-18(9-28-15)33-10-19-27-3-4-32-19/h1-5,8-9,13,17,20H,6-7,10H2,(H2,26,30)/t13-,17+,22+/m0/s1. The zero-order valence-corrected chi connectivity index (χ0v) is 17.5. The number of hydrogen-bond acceptors (Lipinski definition) is 9. The lowest BCUT2D eigenvalue weighted by atomic mass is 9.83. The van der Waals surface area contributed by atoms with E-state index >= 15 is 0 Å². The number of rotatable bonds is 8. The Morgan fingerprint density at radius 3 is 2.82 bits per heavy atom. The molecule has 3 atom stereocenters. The molecule has 2 aliphatic rings. The zero-order valence-electron chi connectivity index (χ0n) is 17.5. The number of Topliss-reactive ketones (excluding diaryl/α,β-unsaturated/α-hetero) is 1. The summed E-state index contributed by atoms with van der Waals surface area (Å²) in [5, 5.41) is 0. The zero-order chi connectivity index (χ0) is 23.9. The average Bonchev–Trinajstić information content (AvgIpc) is 3.41. The van der Waals surface area contributed by atoms with Crippen molar-refractivity contribution in [3.05, 3.63) is 71.6 Å². The maximum Gasteiger partial charge on any atom is 0.283 e. The predicted molar refractivity (Wildman–Crippen MR) is 110 cm³/mol. The SMILES string of the molecule is NC1=N[C@@](c2cc(CC(=O)c3cnc(OCc4ncco4)cn3)ccc2F)(C(F)F)[C@H]2C[C@H]2O1. The highest BCUT2D eigenvalue weighted by molar-refractivity contribution is 5.95. The third-order valence-corrected chi connectivity index (χ3v) is 5.76. The number of aliphatic imine (C=N–C) groups is 1. The van der Waals surface area contributed by atoms with Gasteiger partial charge in [0.25, 0.3) is 12.4 Å². The smallest absolute Gasteiger partial charge is 0.283 e. The molecule has 12 heteroatoms. The number of carbonyl (C=O) groups excluding carboxylic acids is 1.